The molecule has 13 heavy (non-hydrogen) atoms. The van der Waals surface area contributed by atoms with E-state index in [-0.39, 0.29) is 18.9 Å². The standard InChI is InChI=1S/C10H16O2.Li/c1-8(2)5-4-6-9(3)7-10(11)12;/h5,7H,4,6H2,1-3H3,(H,11,12);/q;+1/p-1/b9-7+;. The second-order valence-electron chi connectivity index (χ2n) is 3.13. The Bertz CT molecular complexity index is 213. The first-order valence-corrected chi connectivity index (χ1v) is 4.04. The van der Waals surface area contributed by atoms with E-state index in [0.29, 0.717) is 0 Å². The Balaban J connectivity index is 0. The molecule has 0 rings (SSSR count). The quantitative estimate of drug-likeness (QED) is 0.293. The second kappa shape index (κ2) is 8.16. The van der Waals surface area contributed by atoms with E-state index in [4.69, 9.17) is 0 Å². The van der Waals surface area contributed by atoms with Crippen LogP contribution in [0, 0.1) is 0 Å². The van der Waals surface area contributed by atoms with Gasteiger partial charge in [0.2, 0.25) is 0 Å². The van der Waals surface area contributed by atoms with E-state index in [0.717, 1.165) is 24.5 Å². The third-order valence-corrected chi connectivity index (χ3v) is 1.46. The van der Waals surface area contributed by atoms with Crippen LogP contribution in [0.1, 0.15) is 33.6 Å². The number of rotatable bonds is 4. The summed E-state index contributed by atoms with van der Waals surface area (Å²) in [6.45, 7) is 5.85. The molecule has 0 bridgehead atoms. The second-order valence-corrected chi connectivity index (χ2v) is 3.13. The maximum atomic E-state index is 10.1. The molecule has 3 heteroatoms. The molecule has 2 nitrogen and oxygen atoms in total. The van der Waals surface area contributed by atoms with Crippen molar-refractivity contribution in [3.63, 3.8) is 0 Å². The summed E-state index contributed by atoms with van der Waals surface area (Å²) in [7, 11) is 0. The van der Waals surface area contributed by atoms with Gasteiger partial charge < -0.3 is 9.90 Å². The molecule has 0 aliphatic rings. The molecule has 0 aliphatic carbocycles. The number of hydrogen-bond acceptors (Lipinski definition) is 2. The number of carbonyl (C=O) groups excluding carboxylic acids is 1. The van der Waals surface area contributed by atoms with Gasteiger partial charge in [0.25, 0.3) is 0 Å². The summed E-state index contributed by atoms with van der Waals surface area (Å²) in [4.78, 5) is 10.1. The molecule has 0 unspecified atom stereocenters. The number of carboxylic acids is 1. The van der Waals surface area contributed by atoms with Gasteiger partial charge in [-0.25, -0.2) is 0 Å². The summed E-state index contributed by atoms with van der Waals surface area (Å²) in [5.41, 5.74) is 2.11. The maximum absolute atomic E-state index is 10.1. The Labute approximate surface area is 91.9 Å². The van der Waals surface area contributed by atoms with Crippen LogP contribution in [0.4, 0.5) is 0 Å². The minimum Gasteiger partial charge on any atom is -0.545 e. The molecule has 0 heterocycles. The monoisotopic (exact) mass is 174 g/mol. The van der Waals surface area contributed by atoms with Crippen LogP contribution < -0.4 is 24.0 Å². The Kier molecular flexibility index (Phi) is 9.44. The van der Waals surface area contributed by atoms with E-state index in [1.165, 1.54) is 5.57 Å². The predicted octanol–water partition coefficient (Wildman–Crippen LogP) is -1.57. The van der Waals surface area contributed by atoms with Crippen molar-refractivity contribution < 1.29 is 28.8 Å². The molecule has 0 N–H and O–H groups in total. The Morgan fingerprint density at radius 3 is 2.23 bits per heavy atom. The fraction of sp³-hybridized carbons (Fsp3) is 0.500. The molecule has 0 aromatic rings. The minimum atomic E-state index is -1.11. The van der Waals surface area contributed by atoms with Gasteiger partial charge in [-0.1, -0.05) is 17.2 Å². The van der Waals surface area contributed by atoms with E-state index < -0.39 is 5.97 Å². The van der Waals surface area contributed by atoms with Gasteiger partial charge in [-0.3, -0.25) is 0 Å². The smallest absolute Gasteiger partial charge is 0.545 e. The number of carbonyl (C=O) groups is 1. The van der Waals surface area contributed by atoms with E-state index in [2.05, 4.69) is 6.08 Å². The summed E-state index contributed by atoms with van der Waals surface area (Å²) in [6, 6.07) is 0. The SMILES string of the molecule is CC(C)=CCC/C(C)=C/C(=O)[O-].[Li+]. The van der Waals surface area contributed by atoms with Gasteiger partial charge in [-0.2, -0.15) is 0 Å². The third kappa shape index (κ3) is 11.5. The van der Waals surface area contributed by atoms with Crippen molar-refractivity contribution >= 4 is 5.97 Å². The van der Waals surface area contributed by atoms with Crippen LogP contribution in [0.2, 0.25) is 0 Å². The molecule has 0 amide bonds. The molecule has 0 spiro atoms. The largest absolute Gasteiger partial charge is 1.00 e. The summed E-state index contributed by atoms with van der Waals surface area (Å²) >= 11 is 0. The fourth-order valence-electron chi connectivity index (χ4n) is 0.862. The number of aliphatic carboxylic acids is 1. The molecule has 0 aromatic carbocycles. The van der Waals surface area contributed by atoms with Crippen molar-refractivity contribution in [3.8, 4) is 0 Å². The molecule has 0 saturated heterocycles. The third-order valence-electron chi connectivity index (χ3n) is 1.46. The Morgan fingerprint density at radius 2 is 1.85 bits per heavy atom. The van der Waals surface area contributed by atoms with Crippen LogP contribution in [0.15, 0.2) is 23.3 Å². The van der Waals surface area contributed by atoms with Crippen molar-refractivity contribution in [2.75, 3.05) is 0 Å². The molecular formula is C10H15LiO2. The van der Waals surface area contributed by atoms with Crippen LogP contribution >= 0.6 is 0 Å². The molecule has 0 atom stereocenters. The molecule has 0 fully saturated rings. The molecule has 0 aromatic heterocycles. The Hall–Kier alpha value is -0.453. The topological polar surface area (TPSA) is 40.1 Å². The average molecular weight is 174 g/mol. The summed E-state index contributed by atoms with van der Waals surface area (Å²) in [5, 5.41) is 10.1. The van der Waals surface area contributed by atoms with Crippen LogP contribution in [0.25, 0.3) is 0 Å². The number of carboxylic acid groups (broad SMARTS) is 1. The fourth-order valence-corrected chi connectivity index (χ4v) is 0.862. The van der Waals surface area contributed by atoms with Gasteiger partial charge in [-0.05, 0) is 39.7 Å². The van der Waals surface area contributed by atoms with Gasteiger partial charge in [0.1, 0.15) is 0 Å². The van der Waals surface area contributed by atoms with Crippen molar-refractivity contribution in [2.45, 2.75) is 33.6 Å². The van der Waals surface area contributed by atoms with E-state index >= 15 is 0 Å². The zero-order chi connectivity index (χ0) is 9.56. The van der Waals surface area contributed by atoms with Crippen molar-refractivity contribution in [2.24, 2.45) is 0 Å². The predicted molar refractivity (Wildman–Crippen MR) is 47.4 cm³/mol. The van der Waals surface area contributed by atoms with E-state index in [9.17, 15) is 9.90 Å². The van der Waals surface area contributed by atoms with E-state index in [1.807, 2.05) is 13.8 Å². The molecule has 0 radical (unpaired) electrons. The van der Waals surface area contributed by atoms with Gasteiger partial charge in [-0.15, -0.1) is 0 Å². The summed E-state index contributed by atoms with van der Waals surface area (Å²) in [6.07, 6.45) is 4.93. The summed E-state index contributed by atoms with van der Waals surface area (Å²) in [5.74, 6) is -1.11. The number of allylic oxidation sites excluding steroid dienone is 3. The number of hydrogen-bond donors (Lipinski definition) is 0. The van der Waals surface area contributed by atoms with Gasteiger partial charge in [0.05, 0.1) is 5.97 Å². The van der Waals surface area contributed by atoms with Crippen LogP contribution in [0.3, 0.4) is 0 Å². The first-order chi connectivity index (χ1) is 5.52. The van der Waals surface area contributed by atoms with Crippen molar-refractivity contribution in [1.29, 1.82) is 0 Å². The van der Waals surface area contributed by atoms with Crippen LogP contribution in [-0.2, 0) is 4.79 Å². The summed E-state index contributed by atoms with van der Waals surface area (Å²) < 4.78 is 0. The van der Waals surface area contributed by atoms with Crippen molar-refractivity contribution in [3.05, 3.63) is 23.3 Å². The maximum Gasteiger partial charge on any atom is 1.00 e. The average Bonchev–Trinajstić information content (AvgIpc) is 1.84. The van der Waals surface area contributed by atoms with Crippen LogP contribution in [-0.4, -0.2) is 5.97 Å². The zero-order valence-electron chi connectivity index (χ0n) is 8.89. The first-order valence-electron chi connectivity index (χ1n) is 4.04. The van der Waals surface area contributed by atoms with Crippen molar-refractivity contribution in [1.82, 2.24) is 0 Å². The van der Waals surface area contributed by atoms with Gasteiger partial charge in [0.15, 0.2) is 0 Å². The molecule has 0 aliphatic heterocycles. The van der Waals surface area contributed by atoms with E-state index in [1.54, 1.807) is 6.92 Å². The first kappa shape index (κ1) is 15.0. The molecule has 68 valence electrons. The normalized spacial score (nSPS) is 10.2. The zero-order valence-corrected chi connectivity index (χ0v) is 8.89. The van der Waals surface area contributed by atoms with Gasteiger partial charge in [0, 0.05) is 0 Å². The minimum absolute atomic E-state index is 0. The van der Waals surface area contributed by atoms with Gasteiger partial charge >= 0.3 is 18.9 Å². The van der Waals surface area contributed by atoms with Crippen LogP contribution in [0.5, 0.6) is 0 Å². The molecular weight excluding hydrogens is 159 g/mol. The molecule has 0 saturated carbocycles. The Morgan fingerprint density at radius 1 is 1.31 bits per heavy atom.